The largest absolute Gasteiger partial charge is 0.469 e. The van der Waals surface area contributed by atoms with Gasteiger partial charge in [-0.15, -0.1) is 0 Å². The Morgan fingerprint density at radius 1 is 0.859 bits per heavy atom. The number of benzene rings is 2. The van der Waals surface area contributed by atoms with Crippen LogP contribution in [0.25, 0.3) is 11.1 Å². The molecule has 1 aliphatic heterocycles. The number of ether oxygens (including phenoxy) is 1. The zero-order valence-electron chi connectivity index (χ0n) is 40.0. The summed E-state index contributed by atoms with van der Waals surface area (Å²) in [4.78, 5) is 52.4. The molecular formula is C50H70ClN7O5Si. The maximum atomic E-state index is 13.9. The predicted molar refractivity (Wildman–Crippen MR) is 258 cm³/mol. The van der Waals surface area contributed by atoms with E-state index in [1.165, 1.54) is 7.11 Å². The Morgan fingerprint density at radius 3 is 2.08 bits per heavy atom. The number of aryl methyl sites for hydroxylation is 1. The molecule has 64 heavy (non-hydrogen) atoms. The number of hydrogen-bond donors (Lipinski definition) is 2. The third-order valence-corrected chi connectivity index (χ3v) is 20.2. The maximum absolute atomic E-state index is 13.9. The average Bonchev–Trinajstić information content (AvgIpc) is 3.73. The Bertz CT molecular complexity index is 2390. The lowest BCUT2D eigenvalue weighted by Crippen LogP contribution is -2.46. The number of rotatable bonds is 11. The molecule has 2 amide bonds. The maximum Gasteiger partial charge on any atom is 0.311 e. The van der Waals surface area contributed by atoms with Crippen LogP contribution in [0.1, 0.15) is 129 Å². The fourth-order valence-electron chi connectivity index (χ4n) is 10.3. The smallest absolute Gasteiger partial charge is 0.311 e. The van der Waals surface area contributed by atoms with Gasteiger partial charge in [-0.3, -0.25) is 19.3 Å². The Kier molecular flexibility index (Phi) is 14.1. The molecule has 7 rings (SSSR count). The van der Waals surface area contributed by atoms with E-state index in [1.807, 2.05) is 67.4 Å². The second-order valence-electron chi connectivity index (χ2n) is 20.6. The lowest BCUT2D eigenvalue weighted by Gasteiger charge is -2.40. The summed E-state index contributed by atoms with van der Waals surface area (Å²) in [5.74, 6) is 1.24. The highest BCUT2D eigenvalue weighted by atomic mass is 35.5. The first kappa shape index (κ1) is 47.7. The molecule has 1 saturated carbocycles. The van der Waals surface area contributed by atoms with Crippen LogP contribution in [0.4, 0.5) is 11.4 Å². The standard InChI is InChI=1S/C50H70ClN7O5Si/c1-31(63-64(10,11)49(3,4)5)29-58-28-25-42-40(30-58)53-45(57(42)8)46(59)54-37-18-13-16-35(32(37)2)36-17-14-20-39(43(36)51)55-47(60)44-52-38-19-12-15-33(21-22-41(38)56(44)7)34-23-26-50(6,27-24-34)48(61)62-9/h13-14,16-18,20,31,33-34H,12,15,19,21-30H2,1-11H3,(H,54,59)(H,55,60)/t31-,33?,34?,50?/m0/s1. The van der Waals surface area contributed by atoms with E-state index in [0.717, 1.165) is 117 Å². The summed E-state index contributed by atoms with van der Waals surface area (Å²) < 4.78 is 15.7. The number of carbonyl (C=O) groups is 3. The van der Waals surface area contributed by atoms with Crippen LogP contribution < -0.4 is 10.6 Å². The molecule has 2 N–H and O–H groups in total. The molecule has 2 aromatic heterocycles. The number of halogens is 1. The molecule has 0 bridgehead atoms. The van der Waals surface area contributed by atoms with Crippen LogP contribution in [0.3, 0.4) is 0 Å². The quantitative estimate of drug-likeness (QED) is 0.112. The third kappa shape index (κ3) is 9.78. The molecule has 0 radical (unpaired) electrons. The summed E-state index contributed by atoms with van der Waals surface area (Å²) >= 11 is 7.11. The molecule has 12 nitrogen and oxygen atoms in total. The van der Waals surface area contributed by atoms with Crippen LogP contribution in [0.5, 0.6) is 0 Å². The van der Waals surface area contributed by atoms with Crippen LogP contribution in [0, 0.1) is 24.2 Å². The van der Waals surface area contributed by atoms with E-state index >= 15 is 0 Å². The summed E-state index contributed by atoms with van der Waals surface area (Å²) in [6, 6.07) is 11.4. The van der Waals surface area contributed by atoms with Crippen molar-refractivity contribution >= 4 is 49.1 Å². The molecule has 2 aromatic carbocycles. The van der Waals surface area contributed by atoms with E-state index in [9.17, 15) is 14.4 Å². The van der Waals surface area contributed by atoms with Gasteiger partial charge >= 0.3 is 5.97 Å². The van der Waals surface area contributed by atoms with Crippen molar-refractivity contribution in [2.45, 2.75) is 137 Å². The van der Waals surface area contributed by atoms with Gasteiger partial charge in [0.1, 0.15) is 0 Å². The van der Waals surface area contributed by atoms with E-state index in [4.69, 9.17) is 30.7 Å². The van der Waals surface area contributed by atoms with Crippen molar-refractivity contribution in [3.63, 3.8) is 0 Å². The average molecular weight is 913 g/mol. The number of methoxy groups -OCH3 is 1. The highest BCUT2D eigenvalue weighted by molar-refractivity contribution is 6.74. The summed E-state index contributed by atoms with van der Waals surface area (Å²) in [5.41, 5.74) is 7.31. The van der Waals surface area contributed by atoms with Gasteiger partial charge in [-0.2, -0.15) is 0 Å². The number of amides is 2. The number of hydrogen-bond acceptors (Lipinski definition) is 8. The van der Waals surface area contributed by atoms with Gasteiger partial charge in [-0.1, -0.05) is 56.6 Å². The Hall–Kier alpha value is -4.30. The molecular weight excluding hydrogens is 842 g/mol. The molecule has 3 heterocycles. The molecule has 0 spiro atoms. The molecule has 1 unspecified atom stereocenters. The van der Waals surface area contributed by atoms with Gasteiger partial charge in [0.15, 0.2) is 20.0 Å². The molecule has 1 fully saturated rings. The van der Waals surface area contributed by atoms with Crippen molar-refractivity contribution in [3.05, 3.63) is 81.4 Å². The monoisotopic (exact) mass is 911 g/mol. The Labute approximate surface area is 386 Å². The summed E-state index contributed by atoms with van der Waals surface area (Å²) in [6.45, 7) is 19.9. The van der Waals surface area contributed by atoms with E-state index in [-0.39, 0.29) is 34.3 Å². The zero-order chi connectivity index (χ0) is 46.3. The number of fused-ring (bicyclic) bond motifs is 2. The van der Waals surface area contributed by atoms with E-state index in [2.05, 4.69) is 56.3 Å². The van der Waals surface area contributed by atoms with E-state index < -0.39 is 8.32 Å². The van der Waals surface area contributed by atoms with Gasteiger partial charge in [0.25, 0.3) is 11.8 Å². The summed E-state index contributed by atoms with van der Waals surface area (Å²) in [6.07, 6.45) is 9.61. The number of aromatic nitrogens is 4. The lowest BCUT2D eigenvalue weighted by molar-refractivity contribution is -0.154. The number of nitrogens with zero attached hydrogens (tertiary/aromatic N) is 5. The molecule has 346 valence electrons. The minimum Gasteiger partial charge on any atom is -0.469 e. The minimum atomic E-state index is -1.89. The van der Waals surface area contributed by atoms with Gasteiger partial charge in [-0.25, -0.2) is 9.97 Å². The highest BCUT2D eigenvalue weighted by Crippen LogP contribution is 2.45. The van der Waals surface area contributed by atoms with Gasteiger partial charge in [-0.05, 0) is 132 Å². The van der Waals surface area contributed by atoms with Crippen molar-refractivity contribution < 1.29 is 23.5 Å². The van der Waals surface area contributed by atoms with Crippen LogP contribution >= 0.6 is 11.6 Å². The normalized spacial score (nSPS) is 21.2. The topological polar surface area (TPSA) is 133 Å². The fourth-order valence-corrected chi connectivity index (χ4v) is 12.0. The second-order valence-corrected chi connectivity index (χ2v) is 25.7. The van der Waals surface area contributed by atoms with Gasteiger partial charge in [0.05, 0.1) is 40.7 Å². The van der Waals surface area contributed by atoms with Gasteiger partial charge in [0.2, 0.25) is 0 Å². The Balaban J connectivity index is 1.00. The molecule has 2 aliphatic carbocycles. The molecule has 3 aliphatic rings. The van der Waals surface area contributed by atoms with Crippen LogP contribution in [0.15, 0.2) is 36.4 Å². The Morgan fingerprint density at radius 2 is 1.44 bits per heavy atom. The van der Waals surface area contributed by atoms with Crippen molar-refractivity contribution in [2.24, 2.45) is 31.3 Å². The van der Waals surface area contributed by atoms with Crippen molar-refractivity contribution in [1.29, 1.82) is 0 Å². The first-order valence-electron chi connectivity index (χ1n) is 23.3. The van der Waals surface area contributed by atoms with Crippen molar-refractivity contribution in [3.8, 4) is 11.1 Å². The minimum absolute atomic E-state index is 0.0898. The summed E-state index contributed by atoms with van der Waals surface area (Å²) in [5, 5.41) is 6.75. The van der Waals surface area contributed by atoms with Gasteiger partial charge in [0, 0.05) is 62.8 Å². The van der Waals surface area contributed by atoms with Crippen molar-refractivity contribution in [1.82, 2.24) is 24.0 Å². The predicted octanol–water partition coefficient (Wildman–Crippen LogP) is 10.3. The first-order valence-corrected chi connectivity index (χ1v) is 26.6. The fraction of sp³-hybridized carbons (Fsp3) is 0.580. The number of anilines is 2. The highest BCUT2D eigenvalue weighted by Gasteiger charge is 2.41. The van der Waals surface area contributed by atoms with Crippen molar-refractivity contribution in [2.75, 3.05) is 30.8 Å². The molecule has 14 heteroatoms. The summed E-state index contributed by atoms with van der Waals surface area (Å²) in [7, 11) is 3.45. The molecule has 0 saturated heterocycles. The number of esters is 1. The number of carbonyl (C=O) groups excluding carboxylic acids is 3. The number of nitrogens with one attached hydrogen (secondary N) is 2. The number of imidazole rings is 2. The van der Waals surface area contributed by atoms with Gasteiger partial charge < -0.3 is 28.9 Å². The van der Waals surface area contributed by atoms with Crippen LogP contribution in [-0.4, -0.2) is 76.4 Å². The third-order valence-electron chi connectivity index (χ3n) is 15.2. The van der Waals surface area contributed by atoms with Crippen LogP contribution in [0.2, 0.25) is 23.2 Å². The van der Waals surface area contributed by atoms with E-state index in [1.54, 1.807) is 6.07 Å². The lowest BCUT2D eigenvalue weighted by atomic mass is 9.66. The SMILES string of the molecule is COC(=O)C1(C)CCC(C2CCCc3nc(C(=O)Nc4cccc(-c5cccc(NC(=O)c6nc7c(n6C)CCN(C[C@H](C)O[Si](C)(C)C(C)(C)C)C7)c5C)c4Cl)n(C)c3CC2)CC1. The van der Waals surface area contributed by atoms with E-state index in [0.29, 0.717) is 46.4 Å². The molecule has 2 atom stereocenters. The zero-order valence-corrected chi connectivity index (χ0v) is 41.8. The first-order chi connectivity index (χ1) is 30.2. The van der Waals surface area contributed by atoms with Crippen LogP contribution in [-0.2, 0) is 53.9 Å². The second kappa shape index (κ2) is 18.9. The molecule has 4 aromatic rings.